The molecule has 0 amide bonds. The fourth-order valence-electron chi connectivity index (χ4n) is 2.43. The second-order valence-corrected chi connectivity index (χ2v) is 5.66. The molecule has 2 N–H and O–H groups in total. The van der Waals surface area contributed by atoms with Crippen LogP contribution < -0.4 is 10.3 Å². The van der Waals surface area contributed by atoms with Crippen molar-refractivity contribution in [3.8, 4) is 11.6 Å². The van der Waals surface area contributed by atoms with E-state index >= 15 is 0 Å². The fraction of sp³-hybridized carbons (Fsp3) is 0.0625. The standard InChI is InChI=1S/C16H11N3O6S/c1-2-5-18-15(22)10(14(21)17-16(18)26)7-12-13(20)9-6-8(19(23)24)3-4-11(9)25-12/h2-4,6-7,22H,1,5H2,(H,17,21,26). The Bertz CT molecular complexity index is 1110. The lowest BCUT2D eigenvalue weighted by molar-refractivity contribution is -0.384. The molecule has 9 nitrogen and oxygen atoms in total. The quantitative estimate of drug-likeness (QED) is 0.277. The highest BCUT2D eigenvalue weighted by molar-refractivity contribution is 7.71. The van der Waals surface area contributed by atoms with E-state index in [1.165, 1.54) is 22.8 Å². The number of aromatic hydroxyl groups is 1. The second kappa shape index (κ2) is 6.41. The van der Waals surface area contributed by atoms with E-state index in [-0.39, 0.29) is 39.6 Å². The molecule has 0 saturated heterocycles. The number of carbonyl (C=O) groups is 1. The van der Waals surface area contributed by atoms with Gasteiger partial charge in [0, 0.05) is 24.8 Å². The smallest absolute Gasteiger partial charge is 0.270 e. The van der Waals surface area contributed by atoms with Crippen LogP contribution in [0.25, 0.3) is 6.08 Å². The number of nitrogens with one attached hydrogen (secondary N) is 1. The first-order valence-corrected chi connectivity index (χ1v) is 7.64. The molecule has 3 rings (SSSR count). The van der Waals surface area contributed by atoms with E-state index in [1.807, 2.05) is 0 Å². The van der Waals surface area contributed by atoms with E-state index in [1.54, 1.807) is 0 Å². The first kappa shape index (κ1) is 17.3. The van der Waals surface area contributed by atoms with E-state index in [0.717, 1.165) is 12.1 Å². The number of non-ortho nitro benzene ring substituents is 1. The van der Waals surface area contributed by atoms with Crippen molar-refractivity contribution in [2.45, 2.75) is 6.54 Å². The highest BCUT2D eigenvalue weighted by Gasteiger charge is 2.30. The van der Waals surface area contributed by atoms with Crippen molar-refractivity contribution in [2.24, 2.45) is 0 Å². The number of ether oxygens (including phenoxy) is 1. The van der Waals surface area contributed by atoms with Gasteiger partial charge >= 0.3 is 0 Å². The molecule has 0 spiro atoms. The van der Waals surface area contributed by atoms with Crippen LogP contribution in [-0.2, 0) is 6.54 Å². The van der Waals surface area contributed by atoms with Crippen molar-refractivity contribution in [1.29, 1.82) is 0 Å². The van der Waals surface area contributed by atoms with Gasteiger partial charge in [0.1, 0.15) is 11.3 Å². The molecule has 1 aliphatic heterocycles. The van der Waals surface area contributed by atoms with Gasteiger partial charge in [0.25, 0.3) is 11.2 Å². The highest BCUT2D eigenvalue weighted by atomic mass is 32.1. The number of benzene rings is 1. The Morgan fingerprint density at radius 1 is 1.42 bits per heavy atom. The van der Waals surface area contributed by atoms with Crippen molar-refractivity contribution in [1.82, 2.24) is 9.55 Å². The largest absolute Gasteiger partial charge is 0.494 e. The summed E-state index contributed by atoms with van der Waals surface area (Å²) in [5.74, 6) is -1.21. The number of carbonyl (C=O) groups excluding carboxylic acids is 1. The van der Waals surface area contributed by atoms with E-state index in [0.29, 0.717) is 0 Å². The van der Waals surface area contributed by atoms with Crippen molar-refractivity contribution >= 4 is 29.8 Å². The van der Waals surface area contributed by atoms with Crippen molar-refractivity contribution in [2.75, 3.05) is 0 Å². The normalized spacial score (nSPS) is 14.2. The Hall–Kier alpha value is -3.53. The Balaban J connectivity index is 2.10. The van der Waals surface area contributed by atoms with Crippen LogP contribution in [0.2, 0.25) is 0 Å². The zero-order valence-corrected chi connectivity index (χ0v) is 13.9. The zero-order chi connectivity index (χ0) is 19.0. The number of rotatable bonds is 4. The maximum absolute atomic E-state index is 12.4. The van der Waals surface area contributed by atoms with Gasteiger partial charge in [-0.25, -0.2) is 0 Å². The molecule has 10 heteroatoms. The van der Waals surface area contributed by atoms with Gasteiger partial charge < -0.3 is 9.84 Å². The molecule has 26 heavy (non-hydrogen) atoms. The Morgan fingerprint density at radius 2 is 2.15 bits per heavy atom. The molecule has 0 aliphatic carbocycles. The van der Waals surface area contributed by atoms with Crippen molar-refractivity contribution in [3.05, 3.63) is 73.0 Å². The average molecular weight is 373 g/mol. The zero-order valence-electron chi connectivity index (χ0n) is 13.1. The average Bonchev–Trinajstić information content (AvgIpc) is 2.90. The summed E-state index contributed by atoms with van der Waals surface area (Å²) >= 11 is 4.97. The van der Waals surface area contributed by atoms with E-state index in [9.17, 15) is 24.8 Å². The summed E-state index contributed by atoms with van der Waals surface area (Å²) < 4.78 is 6.58. The lowest BCUT2D eigenvalue weighted by Gasteiger charge is -2.09. The van der Waals surface area contributed by atoms with Gasteiger partial charge in [-0.15, -0.1) is 6.58 Å². The summed E-state index contributed by atoms with van der Waals surface area (Å²) in [6, 6.07) is 3.58. The molecule has 0 radical (unpaired) electrons. The topological polar surface area (TPSA) is 127 Å². The van der Waals surface area contributed by atoms with E-state index < -0.39 is 22.1 Å². The molecule has 2 aromatic rings. The lowest BCUT2D eigenvalue weighted by atomic mass is 10.1. The number of hydrogen-bond donors (Lipinski definition) is 2. The van der Waals surface area contributed by atoms with Crippen LogP contribution in [-0.4, -0.2) is 25.4 Å². The Morgan fingerprint density at radius 3 is 2.81 bits per heavy atom. The summed E-state index contributed by atoms with van der Waals surface area (Å²) in [5.41, 5.74) is -1.20. The number of H-pyrrole nitrogens is 1. The molecule has 2 heterocycles. The summed E-state index contributed by atoms with van der Waals surface area (Å²) in [7, 11) is 0. The third-order valence-electron chi connectivity index (χ3n) is 3.66. The van der Waals surface area contributed by atoms with Gasteiger partial charge in [0.15, 0.2) is 10.5 Å². The van der Waals surface area contributed by atoms with Gasteiger partial charge in [0.05, 0.1) is 10.5 Å². The molecule has 0 fully saturated rings. The number of Topliss-reactive ketones (excluding diaryl/α,β-unsaturated/α-hetero) is 1. The molecule has 0 unspecified atom stereocenters. The summed E-state index contributed by atoms with van der Waals surface area (Å²) in [6.07, 6.45) is 2.54. The van der Waals surface area contributed by atoms with Crippen LogP contribution in [0.3, 0.4) is 0 Å². The van der Waals surface area contributed by atoms with Gasteiger partial charge in [-0.3, -0.25) is 29.3 Å². The minimum atomic E-state index is -0.710. The first-order chi connectivity index (χ1) is 12.3. The molecule has 0 saturated carbocycles. The number of ketones is 1. The Kier molecular flexibility index (Phi) is 4.26. The number of aromatic nitrogens is 2. The summed E-state index contributed by atoms with van der Waals surface area (Å²) in [5, 5.41) is 21.1. The lowest BCUT2D eigenvalue weighted by Crippen LogP contribution is -2.17. The number of nitro groups is 1. The molecule has 1 aromatic heterocycles. The van der Waals surface area contributed by atoms with Gasteiger partial charge in [-0.2, -0.15) is 0 Å². The first-order valence-electron chi connectivity index (χ1n) is 7.23. The van der Waals surface area contributed by atoms with Crippen LogP contribution in [0, 0.1) is 14.9 Å². The second-order valence-electron chi connectivity index (χ2n) is 5.27. The van der Waals surface area contributed by atoms with Gasteiger partial charge in [0.2, 0.25) is 11.7 Å². The molecule has 1 aliphatic rings. The van der Waals surface area contributed by atoms with Crippen molar-refractivity contribution in [3.63, 3.8) is 0 Å². The minimum absolute atomic E-state index is 0.000209. The maximum Gasteiger partial charge on any atom is 0.270 e. The minimum Gasteiger partial charge on any atom is -0.494 e. The van der Waals surface area contributed by atoms with Crippen LogP contribution in [0.1, 0.15) is 15.9 Å². The fourth-order valence-corrected chi connectivity index (χ4v) is 2.68. The number of aromatic amines is 1. The summed E-state index contributed by atoms with van der Waals surface area (Å²) in [4.78, 5) is 37.1. The van der Waals surface area contributed by atoms with Crippen LogP contribution >= 0.6 is 12.2 Å². The van der Waals surface area contributed by atoms with Crippen LogP contribution in [0.4, 0.5) is 5.69 Å². The molecule has 1 aromatic carbocycles. The number of nitro benzene ring substituents is 1. The van der Waals surface area contributed by atoms with Crippen molar-refractivity contribution < 1.29 is 19.6 Å². The number of allylic oxidation sites excluding steroid dienone is 2. The maximum atomic E-state index is 12.4. The third-order valence-corrected chi connectivity index (χ3v) is 3.98. The monoisotopic (exact) mass is 373 g/mol. The summed E-state index contributed by atoms with van der Waals surface area (Å²) in [6.45, 7) is 3.67. The molecular weight excluding hydrogens is 362 g/mol. The van der Waals surface area contributed by atoms with Crippen LogP contribution in [0.5, 0.6) is 11.6 Å². The number of fused-ring (bicyclic) bond motifs is 1. The molecule has 132 valence electrons. The molecule has 0 bridgehead atoms. The van der Waals surface area contributed by atoms with E-state index in [4.69, 9.17) is 17.0 Å². The highest BCUT2D eigenvalue weighted by Crippen LogP contribution is 2.34. The Labute approximate surface area is 150 Å². The number of hydrogen-bond acceptors (Lipinski definition) is 7. The SMILES string of the molecule is C=CCn1c(O)c(C=C2Oc3ccc([N+](=O)[O-])cc3C2=O)c(=O)[nH]c1=S. The van der Waals surface area contributed by atoms with E-state index in [2.05, 4.69) is 11.6 Å². The van der Waals surface area contributed by atoms with Gasteiger partial charge in [-0.1, -0.05) is 6.08 Å². The molecular formula is C16H11N3O6S. The van der Waals surface area contributed by atoms with Gasteiger partial charge in [-0.05, 0) is 18.3 Å². The molecule has 0 atom stereocenters. The number of nitrogens with zero attached hydrogens (tertiary/aromatic N) is 2. The van der Waals surface area contributed by atoms with Crippen LogP contribution in [0.15, 0.2) is 41.4 Å². The predicted molar refractivity (Wildman–Crippen MR) is 93.8 cm³/mol. The predicted octanol–water partition coefficient (Wildman–Crippen LogP) is 2.32. The third kappa shape index (κ3) is 2.82.